The second-order valence-corrected chi connectivity index (χ2v) is 9.46. The number of hydrogen-bond acceptors (Lipinski definition) is 4. The first-order valence-electron chi connectivity index (χ1n) is 10.8. The van der Waals surface area contributed by atoms with Crippen LogP contribution >= 0.6 is 0 Å². The molecule has 3 N–H and O–H groups in total. The summed E-state index contributed by atoms with van der Waals surface area (Å²) in [6, 6.07) is 13.9. The molecule has 2 aliphatic rings. The Morgan fingerprint density at radius 2 is 2.03 bits per heavy atom. The Kier molecular flexibility index (Phi) is 4.59. The van der Waals surface area contributed by atoms with Gasteiger partial charge in [0.1, 0.15) is 5.84 Å². The number of aromatic amines is 1. The summed E-state index contributed by atoms with van der Waals surface area (Å²) in [6.45, 7) is 8.28. The number of imidazole rings is 1. The zero-order chi connectivity index (χ0) is 21.6. The Morgan fingerprint density at radius 3 is 2.87 bits per heavy atom. The van der Waals surface area contributed by atoms with Gasteiger partial charge in [0.05, 0.1) is 28.4 Å². The minimum Gasteiger partial charge on any atom is -0.345 e. The minimum absolute atomic E-state index is 0.0343. The third kappa shape index (κ3) is 3.70. The number of rotatable bonds is 1. The number of hydrogen-bond donors (Lipinski definition) is 3. The minimum atomic E-state index is -0.403. The van der Waals surface area contributed by atoms with Crippen LogP contribution in [0.15, 0.2) is 53.8 Å². The SMILES string of the molecule is CC(C)(C)N=C1Nc2ccccc2CN[C@@]12CCN(C(=O)c1ccc3nc[nH]c3c1)C2. The van der Waals surface area contributed by atoms with Gasteiger partial charge in [0.15, 0.2) is 0 Å². The van der Waals surface area contributed by atoms with Gasteiger partial charge in [0.25, 0.3) is 5.91 Å². The summed E-state index contributed by atoms with van der Waals surface area (Å²) in [5, 5.41) is 7.35. The average molecular weight is 417 g/mol. The van der Waals surface area contributed by atoms with Crippen molar-refractivity contribution in [2.45, 2.75) is 44.8 Å². The molecule has 0 bridgehead atoms. The molecule has 1 saturated heterocycles. The number of aromatic nitrogens is 2. The molecule has 0 aliphatic carbocycles. The molecular weight excluding hydrogens is 388 g/mol. The number of anilines is 1. The van der Waals surface area contributed by atoms with Crippen molar-refractivity contribution < 1.29 is 4.79 Å². The van der Waals surface area contributed by atoms with Crippen molar-refractivity contribution >= 4 is 28.5 Å². The lowest BCUT2D eigenvalue weighted by atomic mass is 9.95. The molecule has 2 aromatic carbocycles. The van der Waals surface area contributed by atoms with Crippen molar-refractivity contribution in [2.24, 2.45) is 4.99 Å². The number of para-hydroxylation sites is 1. The number of carbonyl (C=O) groups excluding carboxylic acids is 1. The molecule has 0 unspecified atom stereocenters. The van der Waals surface area contributed by atoms with Crippen LogP contribution < -0.4 is 10.6 Å². The predicted molar refractivity (Wildman–Crippen MR) is 123 cm³/mol. The van der Waals surface area contributed by atoms with Crippen LogP contribution in [0, 0.1) is 0 Å². The summed E-state index contributed by atoms with van der Waals surface area (Å²) in [4.78, 5) is 27.7. The highest BCUT2D eigenvalue weighted by molar-refractivity contribution is 6.05. The zero-order valence-corrected chi connectivity index (χ0v) is 18.2. The van der Waals surface area contributed by atoms with Gasteiger partial charge in [-0.05, 0) is 57.0 Å². The number of aliphatic imine (C=N–C) groups is 1. The number of likely N-dealkylation sites (tertiary alicyclic amines) is 1. The summed E-state index contributed by atoms with van der Waals surface area (Å²) in [5.41, 5.74) is 4.05. The van der Waals surface area contributed by atoms with E-state index in [1.165, 1.54) is 5.56 Å². The number of benzene rings is 2. The van der Waals surface area contributed by atoms with Crippen molar-refractivity contribution in [3.63, 3.8) is 0 Å². The van der Waals surface area contributed by atoms with Crippen LogP contribution in [0.3, 0.4) is 0 Å². The van der Waals surface area contributed by atoms with Gasteiger partial charge in [-0.3, -0.25) is 15.1 Å². The van der Waals surface area contributed by atoms with Crippen LogP contribution in [0.25, 0.3) is 11.0 Å². The number of nitrogens with one attached hydrogen (secondary N) is 3. The standard InChI is InChI=1S/C24H28N6O/c1-23(2,3)29-22-24(27-13-17-6-4-5-7-18(17)28-22)10-11-30(14-24)21(31)16-8-9-19-20(12-16)26-15-25-19/h4-9,12,15,27H,10-11,13-14H2,1-3H3,(H,25,26)(H,28,29)/t24-/m1/s1. The molecule has 5 rings (SSSR count). The molecule has 7 nitrogen and oxygen atoms in total. The third-order valence-electron chi connectivity index (χ3n) is 6.01. The molecule has 1 amide bonds. The van der Waals surface area contributed by atoms with E-state index in [4.69, 9.17) is 4.99 Å². The van der Waals surface area contributed by atoms with E-state index in [0.29, 0.717) is 18.7 Å². The van der Waals surface area contributed by atoms with Crippen LogP contribution in [0.2, 0.25) is 0 Å². The summed E-state index contributed by atoms with van der Waals surface area (Å²) in [7, 11) is 0. The van der Waals surface area contributed by atoms with Gasteiger partial charge < -0.3 is 15.2 Å². The molecular formula is C24H28N6O. The molecule has 1 fully saturated rings. The second kappa shape index (κ2) is 7.20. The quantitative estimate of drug-likeness (QED) is 0.566. The molecule has 3 aromatic rings. The van der Waals surface area contributed by atoms with E-state index in [1.807, 2.05) is 29.2 Å². The van der Waals surface area contributed by atoms with Gasteiger partial charge in [-0.25, -0.2) is 4.98 Å². The van der Waals surface area contributed by atoms with E-state index in [-0.39, 0.29) is 11.4 Å². The first kappa shape index (κ1) is 19.8. The molecule has 1 atom stereocenters. The maximum Gasteiger partial charge on any atom is 0.254 e. The summed E-state index contributed by atoms with van der Waals surface area (Å²) >= 11 is 0. The fourth-order valence-electron chi connectivity index (χ4n) is 4.43. The van der Waals surface area contributed by atoms with Crippen molar-refractivity contribution in [1.82, 2.24) is 20.2 Å². The van der Waals surface area contributed by atoms with Gasteiger partial charge in [0, 0.05) is 30.9 Å². The number of carbonyl (C=O) groups is 1. The first-order valence-corrected chi connectivity index (χ1v) is 10.8. The van der Waals surface area contributed by atoms with Gasteiger partial charge in [-0.1, -0.05) is 18.2 Å². The smallest absolute Gasteiger partial charge is 0.254 e. The number of amides is 1. The Hall–Kier alpha value is -3.19. The van der Waals surface area contributed by atoms with Crippen LogP contribution in [-0.2, 0) is 6.54 Å². The van der Waals surface area contributed by atoms with E-state index < -0.39 is 5.54 Å². The molecule has 160 valence electrons. The maximum absolute atomic E-state index is 13.3. The van der Waals surface area contributed by atoms with Crippen LogP contribution in [0.1, 0.15) is 43.1 Å². The molecule has 1 aromatic heterocycles. The highest BCUT2D eigenvalue weighted by Gasteiger charge is 2.46. The normalized spacial score (nSPS) is 22.5. The van der Waals surface area contributed by atoms with E-state index in [0.717, 1.165) is 35.5 Å². The molecule has 7 heteroatoms. The van der Waals surface area contributed by atoms with E-state index in [1.54, 1.807) is 6.33 Å². The monoisotopic (exact) mass is 416 g/mol. The van der Waals surface area contributed by atoms with Gasteiger partial charge in [-0.15, -0.1) is 0 Å². The molecule has 2 aliphatic heterocycles. The van der Waals surface area contributed by atoms with Crippen LogP contribution in [0.4, 0.5) is 5.69 Å². The Bertz CT molecular complexity index is 1170. The number of fused-ring (bicyclic) bond motifs is 2. The fourth-order valence-corrected chi connectivity index (χ4v) is 4.43. The Balaban J connectivity index is 1.46. The maximum atomic E-state index is 13.3. The fraction of sp³-hybridized carbons (Fsp3) is 0.375. The van der Waals surface area contributed by atoms with Crippen LogP contribution in [0.5, 0.6) is 0 Å². The van der Waals surface area contributed by atoms with E-state index in [2.05, 4.69) is 59.6 Å². The van der Waals surface area contributed by atoms with Crippen molar-refractivity contribution in [1.29, 1.82) is 0 Å². The van der Waals surface area contributed by atoms with Crippen molar-refractivity contribution in [2.75, 3.05) is 18.4 Å². The average Bonchev–Trinajstić information content (AvgIpc) is 3.35. The van der Waals surface area contributed by atoms with Gasteiger partial charge >= 0.3 is 0 Å². The molecule has 3 heterocycles. The highest BCUT2D eigenvalue weighted by atomic mass is 16.2. The van der Waals surface area contributed by atoms with Crippen molar-refractivity contribution in [3.05, 3.63) is 59.9 Å². The van der Waals surface area contributed by atoms with Gasteiger partial charge in [0.2, 0.25) is 0 Å². The van der Waals surface area contributed by atoms with E-state index in [9.17, 15) is 4.79 Å². The van der Waals surface area contributed by atoms with Crippen LogP contribution in [-0.4, -0.2) is 50.8 Å². The Morgan fingerprint density at radius 1 is 1.19 bits per heavy atom. The zero-order valence-electron chi connectivity index (χ0n) is 18.2. The van der Waals surface area contributed by atoms with Crippen molar-refractivity contribution in [3.8, 4) is 0 Å². The largest absolute Gasteiger partial charge is 0.345 e. The predicted octanol–water partition coefficient (Wildman–Crippen LogP) is 3.56. The highest BCUT2D eigenvalue weighted by Crippen LogP contribution is 2.31. The summed E-state index contributed by atoms with van der Waals surface area (Å²) in [5.74, 6) is 0.941. The van der Waals surface area contributed by atoms with E-state index >= 15 is 0 Å². The molecule has 0 saturated carbocycles. The molecule has 0 radical (unpaired) electrons. The number of H-pyrrole nitrogens is 1. The number of amidine groups is 1. The lowest BCUT2D eigenvalue weighted by molar-refractivity contribution is 0.0786. The summed E-state index contributed by atoms with van der Waals surface area (Å²) < 4.78 is 0. The molecule has 31 heavy (non-hydrogen) atoms. The lowest BCUT2D eigenvalue weighted by Gasteiger charge is -2.32. The lowest BCUT2D eigenvalue weighted by Crippen LogP contribution is -2.56. The molecule has 1 spiro atoms. The second-order valence-electron chi connectivity index (χ2n) is 9.46. The first-order chi connectivity index (χ1) is 14.8. The number of nitrogens with zero attached hydrogens (tertiary/aromatic N) is 3. The Labute approximate surface area is 182 Å². The topological polar surface area (TPSA) is 85.4 Å². The third-order valence-corrected chi connectivity index (χ3v) is 6.01. The van der Waals surface area contributed by atoms with Gasteiger partial charge in [-0.2, -0.15) is 0 Å². The summed E-state index contributed by atoms with van der Waals surface area (Å²) in [6.07, 6.45) is 2.46.